The molecule has 35 heavy (non-hydrogen) atoms. The van der Waals surface area contributed by atoms with Gasteiger partial charge < -0.3 is 15.4 Å². The monoisotopic (exact) mass is 477 g/mol. The zero-order valence-electron chi connectivity index (χ0n) is 20.4. The van der Waals surface area contributed by atoms with Crippen molar-refractivity contribution >= 4 is 28.5 Å². The number of nitrogens with zero attached hydrogens (tertiary/aromatic N) is 1. The van der Waals surface area contributed by atoms with Gasteiger partial charge in [-0.3, -0.25) is 14.6 Å². The molecule has 1 aliphatic carbocycles. The third-order valence-electron chi connectivity index (χ3n) is 6.52. The molecule has 1 heterocycles. The molecular formula is C28H32FN3O3. The lowest BCUT2D eigenvalue weighted by Gasteiger charge is -2.47. The third kappa shape index (κ3) is 6.15. The molecule has 0 saturated heterocycles. The Morgan fingerprint density at radius 3 is 2.57 bits per heavy atom. The lowest BCUT2D eigenvalue weighted by molar-refractivity contribution is -0.142. The van der Waals surface area contributed by atoms with Gasteiger partial charge in [-0.05, 0) is 67.0 Å². The normalized spacial score (nSPS) is 15.8. The van der Waals surface area contributed by atoms with Crippen molar-refractivity contribution in [1.29, 1.82) is 0 Å². The number of nitrogens with one attached hydrogen (secondary N) is 2. The zero-order valence-corrected chi connectivity index (χ0v) is 20.4. The number of anilines is 1. The van der Waals surface area contributed by atoms with Crippen LogP contribution in [0.3, 0.4) is 0 Å². The number of amides is 1. The van der Waals surface area contributed by atoms with Crippen LogP contribution < -0.4 is 10.6 Å². The van der Waals surface area contributed by atoms with Crippen molar-refractivity contribution in [2.45, 2.75) is 46.1 Å². The second kappa shape index (κ2) is 10.4. The summed E-state index contributed by atoms with van der Waals surface area (Å²) in [4.78, 5) is 28.4. The molecule has 184 valence electrons. The van der Waals surface area contributed by atoms with Gasteiger partial charge in [0.25, 0.3) is 5.91 Å². The molecule has 0 aliphatic heterocycles. The molecular weight excluding hydrogens is 445 g/mol. The Kier molecular flexibility index (Phi) is 7.34. The molecule has 0 bridgehead atoms. The number of ether oxygens (including phenoxy) is 1. The van der Waals surface area contributed by atoms with Crippen molar-refractivity contribution in [1.82, 2.24) is 10.3 Å². The first-order valence-electron chi connectivity index (χ1n) is 12.1. The molecule has 1 fully saturated rings. The summed E-state index contributed by atoms with van der Waals surface area (Å²) in [6.45, 7) is 6.87. The Labute approximate surface area is 205 Å². The minimum absolute atomic E-state index is 0.0589. The molecule has 7 heteroatoms. The molecule has 1 saturated carbocycles. The molecule has 1 unspecified atom stereocenters. The number of benzene rings is 2. The van der Waals surface area contributed by atoms with E-state index in [1.54, 1.807) is 19.2 Å². The van der Waals surface area contributed by atoms with Crippen molar-refractivity contribution in [3.63, 3.8) is 0 Å². The Morgan fingerprint density at radius 1 is 1.14 bits per heavy atom. The van der Waals surface area contributed by atoms with Gasteiger partial charge in [0.05, 0.1) is 36.5 Å². The van der Waals surface area contributed by atoms with E-state index in [0.717, 1.165) is 29.5 Å². The molecule has 1 aromatic heterocycles. The molecule has 6 nitrogen and oxygen atoms in total. The SMILES string of the molecule is CCOC(=O)CCNC(=O)c1ccc(C(Nc2cnc3cc(F)ccc3c2)C2CC(C)(C)C2)cc1. The van der Waals surface area contributed by atoms with Gasteiger partial charge in [0, 0.05) is 23.6 Å². The van der Waals surface area contributed by atoms with Gasteiger partial charge in [-0.2, -0.15) is 0 Å². The van der Waals surface area contributed by atoms with Gasteiger partial charge in [0.15, 0.2) is 0 Å². The van der Waals surface area contributed by atoms with Crippen LogP contribution in [0.2, 0.25) is 0 Å². The first-order valence-corrected chi connectivity index (χ1v) is 12.1. The van der Waals surface area contributed by atoms with Crippen molar-refractivity contribution in [3.05, 3.63) is 71.7 Å². The molecule has 0 radical (unpaired) electrons. The number of carbonyl (C=O) groups is 2. The topological polar surface area (TPSA) is 80.3 Å². The summed E-state index contributed by atoms with van der Waals surface area (Å²) in [5.74, 6) is -0.404. The highest BCUT2D eigenvalue weighted by Gasteiger charge is 2.41. The fourth-order valence-corrected chi connectivity index (χ4v) is 4.88. The average Bonchev–Trinajstić information content (AvgIpc) is 2.81. The summed E-state index contributed by atoms with van der Waals surface area (Å²) in [6, 6.07) is 14.2. The van der Waals surface area contributed by atoms with Crippen LogP contribution in [0.15, 0.2) is 54.7 Å². The Morgan fingerprint density at radius 2 is 1.89 bits per heavy atom. The van der Waals surface area contributed by atoms with Crippen molar-refractivity contribution in [3.8, 4) is 0 Å². The number of hydrogen-bond acceptors (Lipinski definition) is 5. The van der Waals surface area contributed by atoms with Crippen LogP contribution in [0.1, 0.15) is 62.0 Å². The summed E-state index contributed by atoms with van der Waals surface area (Å²) < 4.78 is 18.4. The van der Waals surface area contributed by atoms with Crippen molar-refractivity contribution in [2.24, 2.45) is 11.3 Å². The summed E-state index contributed by atoms with van der Waals surface area (Å²) >= 11 is 0. The van der Waals surface area contributed by atoms with Crippen LogP contribution >= 0.6 is 0 Å². The van der Waals surface area contributed by atoms with E-state index in [4.69, 9.17) is 4.74 Å². The number of hydrogen-bond donors (Lipinski definition) is 2. The van der Waals surface area contributed by atoms with E-state index in [2.05, 4.69) is 29.5 Å². The minimum atomic E-state index is -0.325. The van der Waals surface area contributed by atoms with E-state index in [-0.39, 0.29) is 36.7 Å². The first-order chi connectivity index (χ1) is 16.7. The lowest BCUT2D eigenvalue weighted by Crippen LogP contribution is -2.38. The summed E-state index contributed by atoms with van der Waals surface area (Å²) in [6.07, 6.45) is 4.07. The van der Waals surface area contributed by atoms with Crippen molar-refractivity contribution < 1.29 is 18.7 Å². The largest absolute Gasteiger partial charge is 0.466 e. The van der Waals surface area contributed by atoms with E-state index >= 15 is 0 Å². The highest BCUT2D eigenvalue weighted by atomic mass is 19.1. The maximum atomic E-state index is 13.5. The van der Waals surface area contributed by atoms with Crippen LogP contribution in [0.4, 0.5) is 10.1 Å². The first kappa shape index (κ1) is 24.6. The van der Waals surface area contributed by atoms with Gasteiger partial charge in [-0.15, -0.1) is 0 Å². The number of esters is 1. The van der Waals surface area contributed by atoms with Gasteiger partial charge in [0.1, 0.15) is 5.82 Å². The summed E-state index contributed by atoms with van der Waals surface area (Å²) in [5.41, 5.74) is 3.44. The second-order valence-corrected chi connectivity index (χ2v) is 9.95. The molecule has 4 rings (SSSR count). The zero-order chi connectivity index (χ0) is 25.0. The van der Waals surface area contributed by atoms with Crippen LogP contribution in [-0.4, -0.2) is 30.0 Å². The molecule has 2 N–H and O–H groups in total. The minimum Gasteiger partial charge on any atom is -0.466 e. The fraction of sp³-hybridized carbons (Fsp3) is 0.393. The molecule has 1 amide bonds. The van der Waals surface area contributed by atoms with Crippen LogP contribution in [-0.2, 0) is 9.53 Å². The lowest BCUT2D eigenvalue weighted by atomic mass is 9.61. The number of halogens is 1. The molecule has 0 spiro atoms. The molecule has 1 aliphatic rings. The number of aromatic nitrogens is 1. The molecule has 1 atom stereocenters. The highest BCUT2D eigenvalue weighted by Crippen LogP contribution is 2.51. The van der Waals surface area contributed by atoms with Gasteiger partial charge in [-0.1, -0.05) is 26.0 Å². The molecule has 2 aromatic carbocycles. The van der Waals surface area contributed by atoms with E-state index in [0.29, 0.717) is 29.0 Å². The van der Waals surface area contributed by atoms with E-state index in [9.17, 15) is 14.0 Å². The van der Waals surface area contributed by atoms with Gasteiger partial charge in [-0.25, -0.2) is 4.39 Å². The van der Waals surface area contributed by atoms with E-state index in [1.807, 2.05) is 30.3 Å². The van der Waals surface area contributed by atoms with E-state index < -0.39 is 0 Å². The predicted molar refractivity (Wildman–Crippen MR) is 135 cm³/mol. The number of rotatable bonds is 9. The fourth-order valence-electron chi connectivity index (χ4n) is 4.88. The maximum absolute atomic E-state index is 13.5. The third-order valence-corrected chi connectivity index (χ3v) is 6.52. The number of pyridine rings is 1. The second-order valence-electron chi connectivity index (χ2n) is 9.95. The van der Waals surface area contributed by atoms with Crippen molar-refractivity contribution in [2.75, 3.05) is 18.5 Å². The number of fused-ring (bicyclic) bond motifs is 1. The number of carbonyl (C=O) groups excluding carboxylic acids is 2. The Hall–Kier alpha value is -3.48. The van der Waals surface area contributed by atoms with Gasteiger partial charge in [0.2, 0.25) is 0 Å². The summed E-state index contributed by atoms with van der Waals surface area (Å²) in [5, 5.41) is 7.28. The average molecular weight is 478 g/mol. The predicted octanol–water partition coefficient (Wildman–Crippen LogP) is 5.65. The maximum Gasteiger partial charge on any atom is 0.307 e. The van der Waals surface area contributed by atoms with Crippen LogP contribution in [0.5, 0.6) is 0 Å². The smallest absolute Gasteiger partial charge is 0.307 e. The quantitative estimate of drug-likeness (QED) is 0.390. The van der Waals surface area contributed by atoms with Crippen LogP contribution in [0, 0.1) is 17.2 Å². The molecule has 3 aromatic rings. The van der Waals surface area contributed by atoms with Crippen LogP contribution in [0.25, 0.3) is 10.9 Å². The van der Waals surface area contributed by atoms with E-state index in [1.165, 1.54) is 12.1 Å². The Balaban J connectivity index is 1.47. The van der Waals surface area contributed by atoms with Gasteiger partial charge >= 0.3 is 5.97 Å². The summed E-state index contributed by atoms with van der Waals surface area (Å²) in [7, 11) is 0. The highest BCUT2D eigenvalue weighted by molar-refractivity contribution is 5.94. The Bertz CT molecular complexity index is 1200. The standard InChI is InChI=1S/C28H32FN3O3/c1-4-35-25(33)11-12-30-27(34)19-7-5-18(6-8-19)26(21-15-28(2,3)16-21)32-23-13-20-9-10-22(29)14-24(20)31-17-23/h5-10,13-14,17,21,26,32H,4,11-12,15-16H2,1-3H3,(H,30,34).